The van der Waals surface area contributed by atoms with E-state index in [0.29, 0.717) is 12.1 Å². The Hall–Kier alpha value is -2.13. The number of esters is 1. The van der Waals surface area contributed by atoms with E-state index < -0.39 is 83.2 Å². The number of hydrogen-bond acceptors (Lipinski definition) is 12. The number of carbonyl (C=O) groups excluding carboxylic acids is 3. The highest BCUT2D eigenvalue weighted by Crippen LogP contribution is 2.40. The largest absolute Gasteiger partial charge is 0.459 e. The van der Waals surface area contributed by atoms with Gasteiger partial charge < -0.3 is 44.2 Å². The number of aliphatic hydroxyl groups excluding tert-OH is 1. The molecule has 13 atom stereocenters. The van der Waals surface area contributed by atoms with Crippen molar-refractivity contribution in [3.63, 3.8) is 0 Å². The van der Waals surface area contributed by atoms with E-state index in [-0.39, 0.29) is 43.9 Å². The zero-order valence-corrected chi connectivity index (χ0v) is 29.9. The lowest BCUT2D eigenvalue weighted by atomic mass is 9.73. The van der Waals surface area contributed by atoms with Gasteiger partial charge in [0.25, 0.3) is 0 Å². The summed E-state index contributed by atoms with van der Waals surface area (Å²) in [5, 5.41) is 32.2. The van der Waals surface area contributed by atoms with Crippen LogP contribution in [0, 0.1) is 29.1 Å². The van der Waals surface area contributed by atoms with E-state index in [1.165, 1.54) is 20.8 Å². The Balaban J connectivity index is 2.29. The molecule has 0 spiro atoms. The van der Waals surface area contributed by atoms with Gasteiger partial charge in [-0.25, -0.2) is 4.99 Å². The van der Waals surface area contributed by atoms with Gasteiger partial charge in [0.05, 0.1) is 42.8 Å². The van der Waals surface area contributed by atoms with E-state index in [2.05, 4.69) is 4.99 Å². The number of fused-ring (bicyclic) bond motifs is 5. The maximum Gasteiger partial charge on any atom is 0.316 e. The van der Waals surface area contributed by atoms with Crippen LogP contribution in [0.3, 0.4) is 0 Å². The Labute approximate surface area is 279 Å². The summed E-state index contributed by atoms with van der Waals surface area (Å²) in [6.07, 6.45) is -4.80. The Morgan fingerprint density at radius 2 is 1.74 bits per heavy atom. The highest BCUT2D eigenvalue weighted by Gasteiger charge is 2.53. The van der Waals surface area contributed by atoms with Gasteiger partial charge in [0.15, 0.2) is 12.1 Å². The zero-order valence-electron chi connectivity index (χ0n) is 29.9. The van der Waals surface area contributed by atoms with Crippen LogP contribution in [0.4, 0.5) is 0 Å². The Bertz CT molecular complexity index is 1190. The summed E-state index contributed by atoms with van der Waals surface area (Å²) in [7, 11) is 3.72. The third-order valence-electron chi connectivity index (χ3n) is 10.1. The number of nitrogens with one attached hydrogen (secondary N) is 1. The number of rotatable bonds is 4. The number of ketones is 1. The molecule has 0 aromatic rings. The second-order valence-corrected chi connectivity index (χ2v) is 14.5. The molecule has 0 aromatic carbocycles. The molecule has 0 saturated carbocycles. The van der Waals surface area contributed by atoms with E-state index in [0.717, 1.165) is 0 Å². The molecule has 0 radical (unpaired) electrons. The van der Waals surface area contributed by atoms with Crippen LogP contribution < -0.4 is 0 Å². The predicted molar refractivity (Wildman–Crippen MR) is 174 cm³/mol. The van der Waals surface area contributed by atoms with E-state index in [4.69, 9.17) is 29.1 Å². The van der Waals surface area contributed by atoms with Crippen molar-refractivity contribution in [3.05, 3.63) is 0 Å². The van der Waals surface area contributed by atoms with Gasteiger partial charge in [-0.1, -0.05) is 27.7 Å². The van der Waals surface area contributed by atoms with Gasteiger partial charge in [-0.05, 0) is 67.0 Å². The van der Waals surface area contributed by atoms with Crippen molar-refractivity contribution in [1.29, 1.82) is 5.41 Å². The SMILES string of the molecule is CC[C@H]1OC(=O)[C@H](C)C(=O)[C@H](C)[C@@H](O[C@@H]2O[C@H](C)C[C@H](N(C)C)[C@H]2O)[C@@]2(C)C[C@@H](C)/C(=N\C(C)=O)[C@H](C)[C@@H](OCC(=N)CO2)[C@]1(C)O. The van der Waals surface area contributed by atoms with Crippen LogP contribution in [-0.4, -0.2) is 126 Å². The quantitative estimate of drug-likeness (QED) is 0.297. The number of aliphatic hydroxyl groups is 2. The predicted octanol–water partition coefficient (Wildman–Crippen LogP) is 2.57. The van der Waals surface area contributed by atoms with E-state index in [1.54, 1.807) is 27.7 Å². The van der Waals surface area contributed by atoms with Gasteiger partial charge in [0.2, 0.25) is 5.91 Å². The summed E-state index contributed by atoms with van der Waals surface area (Å²) >= 11 is 0. The molecular weight excluding hydrogens is 610 g/mol. The van der Waals surface area contributed by atoms with Crippen LogP contribution in [0.1, 0.15) is 81.6 Å². The first-order valence-electron chi connectivity index (χ1n) is 16.8. The molecule has 0 aliphatic carbocycles. The maximum atomic E-state index is 14.2. The fourth-order valence-corrected chi connectivity index (χ4v) is 7.56. The molecule has 3 aliphatic heterocycles. The van der Waals surface area contributed by atoms with Gasteiger partial charge >= 0.3 is 5.97 Å². The van der Waals surface area contributed by atoms with Gasteiger partial charge in [-0.3, -0.25) is 14.4 Å². The van der Waals surface area contributed by atoms with Crippen LogP contribution in [0.2, 0.25) is 0 Å². The van der Waals surface area contributed by atoms with Gasteiger partial charge in [-0.15, -0.1) is 0 Å². The third kappa shape index (κ3) is 8.73. The minimum Gasteiger partial charge on any atom is -0.459 e. The number of cyclic esters (lactones) is 1. The van der Waals surface area contributed by atoms with Gasteiger partial charge in [-0.2, -0.15) is 0 Å². The molecule has 3 saturated heterocycles. The van der Waals surface area contributed by atoms with Crippen molar-refractivity contribution >= 4 is 29.1 Å². The minimum absolute atomic E-state index is 0.0603. The van der Waals surface area contributed by atoms with Crippen molar-refractivity contribution in [2.45, 2.75) is 136 Å². The van der Waals surface area contributed by atoms with Crippen molar-refractivity contribution in [3.8, 4) is 0 Å². The zero-order chi connectivity index (χ0) is 35.6. The minimum atomic E-state index is -1.79. The molecule has 13 heteroatoms. The molecule has 2 bridgehead atoms. The van der Waals surface area contributed by atoms with Crippen LogP contribution in [0.25, 0.3) is 0 Å². The van der Waals surface area contributed by atoms with Gasteiger partial charge in [0, 0.05) is 30.5 Å². The second kappa shape index (κ2) is 15.6. The number of aliphatic imine (C=N–C) groups is 1. The van der Waals surface area contributed by atoms with Crippen molar-refractivity contribution in [2.75, 3.05) is 27.3 Å². The summed E-state index contributed by atoms with van der Waals surface area (Å²) in [5.74, 6) is -5.12. The number of likely N-dealkylation sites (N-methyl/N-ethyl adjacent to an activating group) is 1. The van der Waals surface area contributed by atoms with Crippen LogP contribution in [0.5, 0.6) is 0 Å². The van der Waals surface area contributed by atoms with Crippen molar-refractivity contribution in [2.24, 2.45) is 28.7 Å². The lowest BCUT2D eigenvalue weighted by Crippen LogP contribution is -2.60. The molecule has 268 valence electrons. The molecule has 0 unspecified atom stereocenters. The first kappa shape index (κ1) is 39.3. The van der Waals surface area contributed by atoms with Gasteiger partial charge in [0.1, 0.15) is 23.7 Å². The smallest absolute Gasteiger partial charge is 0.316 e. The van der Waals surface area contributed by atoms with E-state index in [1.807, 2.05) is 32.8 Å². The third-order valence-corrected chi connectivity index (χ3v) is 10.1. The summed E-state index contributed by atoms with van der Waals surface area (Å²) in [6.45, 7) is 14.6. The molecule has 47 heavy (non-hydrogen) atoms. The lowest BCUT2D eigenvalue weighted by molar-refractivity contribution is -0.296. The number of hydrogen-bond donors (Lipinski definition) is 3. The normalized spacial score (nSPS) is 44.0. The summed E-state index contributed by atoms with van der Waals surface area (Å²) in [5.41, 5.74) is -2.65. The highest BCUT2D eigenvalue weighted by atomic mass is 16.7. The number of nitrogens with zero attached hydrogens (tertiary/aromatic N) is 2. The van der Waals surface area contributed by atoms with Crippen molar-refractivity contribution in [1.82, 2.24) is 4.90 Å². The molecule has 3 fully saturated rings. The average Bonchev–Trinajstić information content (AvgIpc) is 3.00. The standard InChI is InChI=1S/C34H57N3O10/c1-12-25-34(9,42)30-19(4)26(36-22(7)38)17(2)14-33(8,44-16-23(35)15-43-30)29(20(5)27(39)21(6)31(41)46-25)47-32-28(40)24(37(10)11)13-18(3)45-32/h17-21,24-25,28-30,32,35,40,42H,12-16H2,1-11H3/b35-23?,36-26+/t17-,18-,19+,20+,21-,24+,25-,28-,29-,30-,32+,33-,34-/m1/s1. The van der Waals surface area contributed by atoms with Crippen LogP contribution in [0.15, 0.2) is 4.99 Å². The topological polar surface area (TPSA) is 177 Å². The fraction of sp³-hybridized carbons (Fsp3) is 0.853. The number of amides is 1. The molecule has 3 rings (SSSR count). The fourth-order valence-electron chi connectivity index (χ4n) is 7.56. The molecule has 3 heterocycles. The number of ether oxygens (including phenoxy) is 5. The molecule has 3 aliphatic rings. The molecule has 13 nitrogen and oxygen atoms in total. The summed E-state index contributed by atoms with van der Waals surface area (Å²) in [4.78, 5) is 46.6. The second-order valence-electron chi connectivity index (χ2n) is 14.5. The number of Topliss-reactive ketones (excluding diaryl/α,β-unsaturated/α-hetero) is 1. The Morgan fingerprint density at radius 3 is 2.32 bits per heavy atom. The summed E-state index contributed by atoms with van der Waals surface area (Å²) in [6, 6.07) is -0.293. The molecule has 3 N–H and O–H groups in total. The van der Waals surface area contributed by atoms with Crippen LogP contribution in [-0.2, 0) is 38.1 Å². The van der Waals surface area contributed by atoms with Crippen LogP contribution >= 0.6 is 0 Å². The molecular formula is C34H57N3O10. The van der Waals surface area contributed by atoms with E-state index in [9.17, 15) is 24.6 Å². The van der Waals surface area contributed by atoms with E-state index >= 15 is 0 Å². The molecule has 0 aromatic heterocycles. The monoisotopic (exact) mass is 667 g/mol. The first-order valence-corrected chi connectivity index (χ1v) is 16.8. The first-order chi connectivity index (χ1) is 21.7. The number of carbonyl (C=O) groups is 3. The Morgan fingerprint density at radius 1 is 1.11 bits per heavy atom. The van der Waals surface area contributed by atoms with Crippen molar-refractivity contribution < 1.29 is 48.3 Å². The average molecular weight is 668 g/mol. The summed E-state index contributed by atoms with van der Waals surface area (Å²) < 4.78 is 31.3. The molecule has 1 amide bonds. The highest BCUT2D eigenvalue weighted by molar-refractivity contribution is 6.00. The Kier molecular flexibility index (Phi) is 13.1. The lowest BCUT2D eigenvalue weighted by Gasteiger charge is -2.47. The maximum absolute atomic E-state index is 14.2.